The quantitative estimate of drug-likeness (QED) is 0.638. The van der Waals surface area contributed by atoms with E-state index in [0.29, 0.717) is 11.3 Å². The van der Waals surface area contributed by atoms with E-state index < -0.39 is 21.0 Å². The van der Waals surface area contributed by atoms with Gasteiger partial charge in [0.25, 0.3) is 11.1 Å². The molecule has 29 heavy (non-hydrogen) atoms. The molecule has 2 saturated heterocycles. The molecule has 1 aromatic carbocycles. The molecule has 2 aliphatic heterocycles. The van der Waals surface area contributed by atoms with Crippen LogP contribution in [0.25, 0.3) is 6.08 Å². The molecule has 1 atom stereocenters. The second kappa shape index (κ2) is 8.96. The van der Waals surface area contributed by atoms with Gasteiger partial charge >= 0.3 is 0 Å². The van der Waals surface area contributed by atoms with Crippen molar-refractivity contribution in [3.8, 4) is 0 Å². The maximum Gasteiger partial charge on any atom is 0.293 e. The fourth-order valence-corrected chi connectivity index (χ4v) is 5.78. The van der Waals surface area contributed by atoms with Crippen molar-refractivity contribution in [2.75, 3.05) is 25.1 Å². The summed E-state index contributed by atoms with van der Waals surface area (Å²) in [5.41, 5.74) is 0.977. The second-order valence-electron chi connectivity index (χ2n) is 6.94. The molecule has 1 unspecified atom stereocenters. The minimum atomic E-state index is -3.09. The Balaban J connectivity index is 1.55. The Kier molecular flexibility index (Phi) is 6.59. The van der Waals surface area contributed by atoms with Crippen molar-refractivity contribution in [1.29, 1.82) is 0 Å². The number of carbonyl (C=O) groups is 3. The number of thioether (sulfide) groups is 1. The zero-order chi connectivity index (χ0) is 21.0. The summed E-state index contributed by atoms with van der Waals surface area (Å²) in [6.45, 7) is -0.0208. The molecule has 3 amide bonds. The maximum absolute atomic E-state index is 12.5. The van der Waals surface area contributed by atoms with Crippen LogP contribution in [0.1, 0.15) is 18.4 Å². The third-order valence-electron chi connectivity index (χ3n) is 4.91. The Morgan fingerprint density at radius 1 is 1.28 bits per heavy atom. The predicted molar refractivity (Wildman–Crippen MR) is 113 cm³/mol. The van der Waals surface area contributed by atoms with E-state index in [2.05, 4.69) is 0 Å². The molecule has 9 heteroatoms. The van der Waals surface area contributed by atoms with Crippen LogP contribution in [0.5, 0.6) is 0 Å². The molecule has 7 nitrogen and oxygen atoms in total. The van der Waals surface area contributed by atoms with E-state index in [9.17, 15) is 22.8 Å². The fourth-order valence-electron chi connectivity index (χ4n) is 3.19. The van der Waals surface area contributed by atoms with Gasteiger partial charge in [-0.15, -0.1) is 0 Å². The van der Waals surface area contributed by atoms with Crippen LogP contribution in [-0.2, 0) is 19.4 Å². The Morgan fingerprint density at radius 3 is 2.66 bits per heavy atom. The number of rotatable bonds is 6. The van der Waals surface area contributed by atoms with E-state index in [1.165, 1.54) is 4.90 Å². The molecule has 0 aliphatic carbocycles. The molecule has 2 aliphatic rings. The normalized spacial score (nSPS) is 22.7. The third kappa shape index (κ3) is 5.36. The number of sulfone groups is 1. The summed E-state index contributed by atoms with van der Waals surface area (Å²) in [4.78, 5) is 39.8. The number of hydrogen-bond donors (Lipinski definition) is 0. The predicted octanol–water partition coefficient (Wildman–Crippen LogP) is 2.31. The average Bonchev–Trinajstić information content (AvgIpc) is 3.19. The molecule has 0 N–H and O–H groups in total. The molecule has 0 aromatic heterocycles. The number of benzene rings is 1. The topological polar surface area (TPSA) is 91.8 Å². The first-order valence-electron chi connectivity index (χ1n) is 9.20. The molecule has 0 saturated carbocycles. The number of imide groups is 1. The van der Waals surface area contributed by atoms with Gasteiger partial charge in [0.2, 0.25) is 5.91 Å². The lowest BCUT2D eigenvalue weighted by Gasteiger charge is -2.24. The summed E-state index contributed by atoms with van der Waals surface area (Å²) in [5, 5.41) is -0.409. The molecular formula is C20H22N2O5S2. The van der Waals surface area contributed by atoms with Crippen LogP contribution in [0.2, 0.25) is 0 Å². The minimum Gasteiger partial charge on any atom is -0.342 e. The van der Waals surface area contributed by atoms with Gasteiger partial charge in [0.1, 0.15) is 0 Å². The number of amides is 3. The lowest BCUT2D eigenvalue weighted by atomic mass is 10.2. The van der Waals surface area contributed by atoms with Crippen molar-refractivity contribution in [2.24, 2.45) is 0 Å². The molecular weight excluding hydrogens is 412 g/mol. The first-order valence-corrected chi connectivity index (χ1v) is 11.8. The maximum atomic E-state index is 12.5. The molecule has 1 aromatic rings. The van der Waals surface area contributed by atoms with Crippen molar-refractivity contribution < 1.29 is 22.8 Å². The SMILES string of the molecule is CN(C(=O)CCN1C(=O)SC(=CC=Cc2ccccc2)C1=O)C1CCS(=O)(=O)C1. The highest BCUT2D eigenvalue weighted by Gasteiger charge is 2.36. The van der Waals surface area contributed by atoms with Crippen molar-refractivity contribution in [3.05, 3.63) is 53.0 Å². The molecule has 0 bridgehead atoms. The van der Waals surface area contributed by atoms with Gasteiger partial charge in [0, 0.05) is 26.1 Å². The Morgan fingerprint density at radius 2 is 2.00 bits per heavy atom. The van der Waals surface area contributed by atoms with E-state index >= 15 is 0 Å². The number of hydrogen-bond acceptors (Lipinski definition) is 6. The first kappa shape index (κ1) is 21.3. The van der Waals surface area contributed by atoms with E-state index in [-0.39, 0.29) is 36.4 Å². The summed E-state index contributed by atoms with van der Waals surface area (Å²) in [7, 11) is -1.52. The lowest BCUT2D eigenvalue weighted by molar-refractivity contribution is -0.132. The van der Waals surface area contributed by atoms with E-state index in [0.717, 1.165) is 22.2 Å². The van der Waals surface area contributed by atoms with Crippen molar-refractivity contribution in [2.45, 2.75) is 18.9 Å². The summed E-state index contributed by atoms with van der Waals surface area (Å²) < 4.78 is 23.2. The Hall–Kier alpha value is -2.39. The summed E-state index contributed by atoms with van der Waals surface area (Å²) in [6.07, 6.45) is 5.53. The van der Waals surface area contributed by atoms with Gasteiger partial charge in [-0.05, 0) is 29.8 Å². The first-order chi connectivity index (χ1) is 13.8. The molecule has 154 valence electrons. The van der Waals surface area contributed by atoms with Crippen molar-refractivity contribution >= 4 is 44.7 Å². The van der Waals surface area contributed by atoms with Crippen LogP contribution in [0.3, 0.4) is 0 Å². The van der Waals surface area contributed by atoms with Crippen molar-refractivity contribution in [1.82, 2.24) is 9.80 Å². The third-order valence-corrected chi connectivity index (χ3v) is 7.58. The van der Waals surface area contributed by atoms with Gasteiger partial charge < -0.3 is 4.90 Å². The zero-order valence-corrected chi connectivity index (χ0v) is 17.6. The average molecular weight is 435 g/mol. The van der Waals surface area contributed by atoms with Crippen LogP contribution < -0.4 is 0 Å². The van der Waals surface area contributed by atoms with Crippen molar-refractivity contribution in [3.63, 3.8) is 0 Å². The number of allylic oxidation sites excluding steroid dienone is 2. The van der Waals surface area contributed by atoms with Crippen LogP contribution in [0.15, 0.2) is 47.4 Å². The second-order valence-corrected chi connectivity index (χ2v) is 10.2. The van der Waals surface area contributed by atoms with Gasteiger partial charge in [-0.25, -0.2) is 8.42 Å². The highest BCUT2D eigenvalue weighted by Crippen LogP contribution is 2.31. The van der Waals surface area contributed by atoms with Crippen LogP contribution in [0, 0.1) is 0 Å². The lowest BCUT2D eigenvalue weighted by Crippen LogP contribution is -2.40. The molecule has 0 radical (unpaired) electrons. The van der Waals surface area contributed by atoms with E-state index in [1.807, 2.05) is 36.4 Å². The smallest absolute Gasteiger partial charge is 0.293 e. The standard InChI is InChI=1S/C20H22N2O5S2/c1-21(16-11-13-29(26,27)14-16)18(23)10-12-22-19(24)17(28-20(22)25)9-5-8-15-6-3-2-4-7-15/h2-9,16H,10-14H2,1H3. The van der Waals surface area contributed by atoms with Gasteiger partial charge in [0.05, 0.1) is 16.4 Å². The highest BCUT2D eigenvalue weighted by atomic mass is 32.2. The summed E-state index contributed by atoms with van der Waals surface area (Å²) in [5.74, 6) is -0.650. The van der Waals surface area contributed by atoms with Gasteiger partial charge in [0.15, 0.2) is 9.84 Å². The fraction of sp³-hybridized carbons (Fsp3) is 0.350. The number of carbonyl (C=O) groups excluding carboxylic acids is 3. The van der Waals surface area contributed by atoms with Crippen LogP contribution >= 0.6 is 11.8 Å². The van der Waals surface area contributed by atoms with E-state index in [4.69, 9.17) is 0 Å². The number of nitrogens with zero attached hydrogens (tertiary/aromatic N) is 2. The molecule has 3 rings (SSSR count). The summed E-state index contributed by atoms with van der Waals surface area (Å²) in [6, 6.07) is 9.23. The monoisotopic (exact) mass is 434 g/mol. The molecule has 0 spiro atoms. The van der Waals surface area contributed by atoms with Crippen LogP contribution in [0.4, 0.5) is 4.79 Å². The zero-order valence-electron chi connectivity index (χ0n) is 16.0. The molecule has 2 fully saturated rings. The Bertz CT molecular complexity index is 970. The van der Waals surface area contributed by atoms with E-state index in [1.54, 1.807) is 19.2 Å². The minimum absolute atomic E-state index is 0.0208. The van der Waals surface area contributed by atoms with Crippen LogP contribution in [-0.4, -0.2) is 66.4 Å². The van der Waals surface area contributed by atoms with Gasteiger partial charge in [-0.2, -0.15) is 0 Å². The summed E-state index contributed by atoms with van der Waals surface area (Å²) >= 11 is 0.845. The molecule has 2 heterocycles. The Labute approximate surface area is 174 Å². The largest absolute Gasteiger partial charge is 0.342 e. The van der Waals surface area contributed by atoms with Gasteiger partial charge in [-0.1, -0.05) is 42.5 Å². The van der Waals surface area contributed by atoms with Gasteiger partial charge in [-0.3, -0.25) is 19.3 Å². The highest BCUT2D eigenvalue weighted by molar-refractivity contribution is 8.18.